The molecule has 0 unspecified atom stereocenters. The molecule has 0 saturated heterocycles. The minimum Gasteiger partial charge on any atom is -0.492 e. The summed E-state index contributed by atoms with van der Waals surface area (Å²) in [6.45, 7) is 2.72. The first-order valence-electron chi connectivity index (χ1n) is 10.7. The van der Waals surface area contributed by atoms with E-state index in [0.717, 1.165) is 21.6 Å². The molecule has 184 valence electrons. The predicted molar refractivity (Wildman–Crippen MR) is 135 cm³/mol. The number of hydrogen-bond acceptors (Lipinski definition) is 5. The van der Waals surface area contributed by atoms with Gasteiger partial charge in [-0.15, -0.1) is 0 Å². The number of carbonyl (C=O) groups is 1. The van der Waals surface area contributed by atoms with Crippen LogP contribution in [0.25, 0.3) is 17.0 Å². The van der Waals surface area contributed by atoms with Gasteiger partial charge in [-0.25, -0.2) is 0 Å². The van der Waals surface area contributed by atoms with Gasteiger partial charge < -0.3 is 9.30 Å². The number of nitrogens with one attached hydrogen (secondary N) is 1. The lowest BCUT2D eigenvalue weighted by molar-refractivity contribution is -0.114. The number of thioether (sulfide) groups is 1. The van der Waals surface area contributed by atoms with E-state index in [0.29, 0.717) is 29.5 Å². The Morgan fingerprint density at radius 2 is 1.89 bits per heavy atom. The van der Waals surface area contributed by atoms with Crippen molar-refractivity contribution in [3.63, 3.8) is 0 Å². The lowest BCUT2D eigenvalue weighted by Gasteiger charge is -2.20. The number of para-hydroxylation sites is 1. The molecule has 0 radical (unpaired) electrons. The summed E-state index contributed by atoms with van der Waals surface area (Å²) in [5, 5.41) is 12.6. The van der Waals surface area contributed by atoms with Crippen LogP contribution in [0.5, 0.6) is 5.75 Å². The molecular formula is C24H17ClF3N5O2S. The zero-order valence-corrected chi connectivity index (χ0v) is 20.2. The van der Waals surface area contributed by atoms with E-state index in [1.165, 1.54) is 6.08 Å². The van der Waals surface area contributed by atoms with Crippen molar-refractivity contribution in [2.24, 2.45) is 10.1 Å². The average molecular weight is 532 g/mol. The number of halogens is 4. The van der Waals surface area contributed by atoms with Gasteiger partial charge in [-0.05, 0) is 55.1 Å². The van der Waals surface area contributed by atoms with Crippen molar-refractivity contribution in [3.8, 4) is 5.75 Å². The zero-order chi connectivity index (χ0) is 25.6. The molecule has 0 aliphatic carbocycles. The Morgan fingerprint density at radius 3 is 2.61 bits per heavy atom. The van der Waals surface area contributed by atoms with Crippen molar-refractivity contribution < 1.29 is 22.7 Å². The molecule has 1 N–H and O–H groups in total. The van der Waals surface area contributed by atoms with E-state index in [1.54, 1.807) is 24.3 Å². The van der Waals surface area contributed by atoms with Crippen molar-refractivity contribution in [2.45, 2.75) is 19.6 Å². The Hall–Kier alpha value is -3.57. The van der Waals surface area contributed by atoms with Crippen molar-refractivity contribution in [1.29, 1.82) is 5.41 Å². The highest BCUT2D eigenvalue weighted by Crippen LogP contribution is 2.36. The van der Waals surface area contributed by atoms with E-state index in [4.69, 9.17) is 21.7 Å². The third-order valence-corrected chi connectivity index (χ3v) is 6.87. The summed E-state index contributed by atoms with van der Waals surface area (Å²) in [5.41, 5.74) is 2.20. The number of aliphatic imine (C=N–C) groups is 1. The smallest absolute Gasteiger partial charge is 0.441 e. The van der Waals surface area contributed by atoms with Crippen LogP contribution in [-0.4, -0.2) is 44.3 Å². The van der Waals surface area contributed by atoms with Gasteiger partial charge >= 0.3 is 6.18 Å². The van der Waals surface area contributed by atoms with Crippen LogP contribution >= 0.6 is 23.4 Å². The number of alkyl halides is 3. The molecule has 1 amide bonds. The number of rotatable bonds is 5. The van der Waals surface area contributed by atoms with Gasteiger partial charge in [0.2, 0.25) is 10.2 Å². The lowest BCUT2D eigenvalue weighted by Crippen LogP contribution is -2.35. The predicted octanol–water partition coefficient (Wildman–Crippen LogP) is 5.86. The Kier molecular flexibility index (Phi) is 6.13. The van der Waals surface area contributed by atoms with Crippen LogP contribution in [-0.2, 0) is 11.3 Å². The molecule has 2 aliphatic rings. The van der Waals surface area contributed by atoms with Gasteiger partial charge in [-0.2, -0.15) is 28.3 Å². The number of hydrogen-bond donors (Lipinski definition) is 1. The largest absolute Gasteiger partial charge is 0.492 e. The minimum absolute atomic E-state index is 0.144. The molecule has 36 heavy (non-hydrogen) atoms. The second-order valence-electron chi connectivity index (χ2n) is 7.89. The molecule has 0 spiro atoms. The highest BCUT2D eigenvalue weighted by atomic mass is 35.5. The summed E-state index contributed by atoms with van der Waals surface area (Å²) < 4.78 is 47.2. The Balaban J connectivity index is 1.47. The van der Waals surface area contributed by atoms with Crippen LogP contribution in [0, 0.1) is 12.3 Å². The summed E-state index contributed by atoms with van der Waals surface area (Å²) in [4.78, 5) is 16.5. The molecule has 12 heteroatoms. The van der Waals surface area contributed by atoms with Crippen LogP contribution < -0.4 is 4.74 Å². The molecule has 0 bridgehead atoms. The van der Waals surface area contributed by atoms with Gasteiger partial charge in [0.25, 0.3) is 5.91 Å². The second kappa shape index (κ2) is 9.14. The Morgan fingerprint density at radius 1 is 1.17 bits per heavy atom. The topological polar surface area (TPSA) is 83.0 Å². The molecule has 0 atom stereocenters. The summed E-state index contributed by atoms with van der Waals surface area (Å²) in [5.74, 6) is -0.577. The minimum atomic E-state index is -4.70. The fraction of sp³-hybridized carbons (Fsp3) is 0.167. The number of amides is 1. The van der Waals surface area contributed by atoms with Crippen LogP contribution in [0.2, 0.25) is 5.02 Å². The van der Waals surface area contributed by atoms with Crippen molar-refractivity contribution in [2.75, 3.05) is 6.61 Å². The highest BCUT2D eigenvalue weighted by Gasteiger charge is 2.46. The van der Waals surface area contributed by atoms with Gasteiger partial charge in [0.05, 0.1) is 12.1 Å². The van der Waals surface area contributed by atoms with Gasteiger partial charge in [0, 0.05) is 27.2 Å². The number of amidine groups is 2. The standard InChI is InChI=1S/C24H17ClF3N5O2S/c1-13-17(12-18-20(29)33-23(30-21(18)34)36-22(31-33)24(26,27)28)16-4-2-3-5-19(16)32(13)10-11-35-15-8-6-14(25)7-9-15/h2-9,12,29H,10-11H2,1H3/b18-12-,29-20?. The molecule has 3 heterocycles. The number of benzene rings is 2. The molecule has 0 saturated carbocycles. The van der Waals surface area contributed by atoms with Crippen molar-refractivity contribution in [3.05, 3.63) is 70.4 Å². The number of hydrazone groups is 1. The quantitative estimate of drug-likeness (QED) is 0.418. The number of fused-ring (bicyclic) bond motifs is 2. The molecule has 0 fully saturated rings. The van der Waals surface area contributed by atoms with E-state index in [-0.39, 0.29) is 22.5 Å². The van der Waals surface area contributed by atoms with Crippen LogP contribution in [0.4, 0.5) is 13.2 Å². The summed E-state index contributed by atoms with van der Waals surface area (Å²) in [7, 11) is 0. The van der Waals surface area contributed by atoms with E-state index in [2.05, 4.69) is 10.1 Å². The van der Waals surface area contributed by atoms with E-state index < -0.39 is 23.0 Å². The third kappa shape index (κ3) is 4.40. The molecule has 2 aliphatic heterocycles. The highest BCUT2D eigenvalue weighted by molar-refractivity contribution is 8.27. The van der Waals surface area contributed by atoms with E-state index in [9.17, 15) is 18.0 Å². The molecule has 3 aromatic rings. The average Bonchev–Trinajstić information content (AvgIpc) is 3.38. The normalized spacial score (nSPS) is 17.0. The van der Waals surface area contributed by atoms with E-state index in [1.807, 2.05) is 35.8 Å². The maximum Gasteiger partial charge on any atom is 0.441 e. The first kappa shape index (κ1) is 24.1. The van der Waals surface area contributed by atoms with Crippen LogP contribution in [0.15, 0.2) is 64.2 Å². The summed E-state index contributed by atoms with van der Waals surface area (Å²) in [6.07, 6.45) is -3.21. The SMILES string of the molecule is Cc1c(/C=C2/C(=N)N3N=C(C(F)(F)F)SC3=NC2=O)c2ccccc2n1CCOc1ccc(Cl)cc1. The number of nitrogens with zero attached hydrogens (tertiary/aromatic N) is 4. The van der Waals surface area contributed by atoms with Gasteiger partial charge in [0.15, 0.2) is 5.84 Å². The molecule has 7 nitrogen and oxygen atoms in total. The van der Waals surface area contributed by atoms with E-state index >= 15 is 0 Å². The van der Waals surface area contributed by atoms with Crippen molar-refractivity contribution in [1.82, 2.24) is 9.58 Å². The maximum absolute atomic E-state index is 13.1. The monoisotopic (exact) mass is 531 g/mol. The molecule has 2 aromatic carbocycles. The van der Waals surface area contributed by atoms with Gasteiger partial charge in [0.1, 0.15) is 12.4 Å². The number of aromatic nitrogens is 1. The molecule has 1 aromatic heterocycles. The maximum atomic E-state index is 13.1. The Bertz CT molecular complexity index is 1490. The number of ether oxygens (including phenoxy) is 1. The van der Waals surface area contributed by atoms with Crippen molar-refractivity contribution >= 4 is 62.3 Å². The number of carbonyl (C=O) groups excluding carboxylic acids is 1. The first-order chi connectivity index (χ1) is 17.1. The molecular weight excluding hydrogens is 515 g/mol. The van der Waals surface area contributed by atoms with Crippen LogP contribution in [0.3, 0.4) is 0 Å². The third-order valence-electron chi connectivity index (χ3n) is 5.66. The first-order valence-corrected chi connectivity index (χ1v) is 11.9. The second-order valence-corrected chi connectivity index (χ2v) is 9.29. The lowest BCUT2D eigenvalue weighted by atomic mass is 10.1. The Labute approximate surface area is 212 Å². The van der Waals surface area contributed by atoms with Gasteiger partial charge in [-0.1, -0.05) is 29.8 Å². The zero-order valence-electron chi connectivity index (χ0n) is 18.6. The summed E-state index contributed by atoms with van der Waals surface area (Å²) >= 11 is 6.14. The fourth-order valence-corrected chi connectivity index (χ4v) is 4.85. The fourth-order valence-electron chi connectivity index (χ4n) is 3.96. The van der Waals surface area contributed by atoms with Crippen LogP contribution in [0.1, 0.15) is 11.3 Å². The molecule has 5 rings (SSSR count). The van der Waals surface area contributed by atoms with Gasteiger partial charge in [-0.3, -0.25) is 10.2 Å². The summed E-state index contributed by atoms with van der Waals surface area (Å²) in [6, 6.07) is 14.6.